The minimum Gasteiger partial charge on any atom is -0.497 e. The van der Waals surface area contributed by atoms with Crippen molar-refractivity contribution in [3.8, 4) is 5.75 Å². The van der Waals surface area contributed by atoms with Crippen molar-refractivity contribution in [2.75, 3.05) is 12.4 Å². The lowest BCUT2D eigenvalue weighted by Gasteiger charge is -2.22. The Labute approximate surface area is 205 Å². The van der Waals surface area contributed by atoms with Gasteiger partial charge in [-0.2, -0.15) is 0 Å². The Morgan fingerprint density at radius 3 is 2.34 bits per heavy atom. The molecule has 0 aliphatic carbocycles. The SMILES string of the molecule is COc1cccc(CN(Cc2cccc(F)c2)Cc2ccc(C(=O)Nc3ccc(C)c(C)c3)o2)c1. The molecule has 6 heteroatoms. The first-order valence-corrected chi connectivity index (χ1v) is 11.5. The number of hydrogen-bond donors (Lipinski definition) is 1. The Kier molecular flexibility index (Phi) is 7.63. The number of nitrogens with one attached hydrogen (secondary N) is 1. The number of ether oxygens (including phenoxy) is 1. The van der Waals surface area contributed by atoms with E-state index < -0.39 is 0 Å². The van der Waals surface area contributed by atoms with E-state index >= 15 is 0 Å². The van der Waals surface area contributed by atoms with Gasteiger partial charge >= 0.3 is 0 Å². The predicted octanol–water partition coefficient (Wildman–Crippen LogP) is 6.50. The van der Waals surface area contributed by atoms with Gasteiger partial charge in [-0.05, 0) is 84.6 Å². The second-order valence-corrected chi connectivity index (χ2v) is 8.65. The fourth-order valence-corrected chi connectivity index (χ4v) is 3.91. The molecule has 3 aromatic carbocycles. The molecular weight excluding hydrogens is 443 g/mol. The molecule has 180 valence electrons. The van der Waals surface area contributed by atoms with Gasteiger partial charge in [0.1, 0.15) is 17.3 Å². The molecule has 5 nitrogen and oxygen atoms in total. The summed E-state index contributed by atoms with van der Waals surface area (Å²) in [5.41, 5.74) is 4.90. The van der Waals surface area contributed by atoms with Crippen LogP contribution in [0, 0.1) is 19.7 Å². The van der Waals surface area contributed by atoms with Crippen molar-refractivity contribution >= 4 is 11.6 Å². The van der Waals surface area contributed by atoms with Crippen LogP contribution in [-0.4, -0.2) is 17.9 Å². The van der Waals surface area contributed by atoms with Crippen molar-refractivity contribution in [3.63, 3.8) is 0 Å². The lowest BCUT2D eigenvalue weighted by Crippen LogP contribution is -2.22. The van der Waals surface area contributed by atoms with Crippen molar-refractivity contribution < 1.29 is 18.3 Å². The second kappa shape index (κ2) is 11.0. The van der Waals surface area contributed by atoms with Gasteiger partial charge in [-0.15, -0.1) is 0 Å². The van der Waals surface area contributed by atoms with E-state index in [2.05, 4.69) is 10.2 Å². The molecule has 0 saturated heterocycles. The molecule has 0 fully saturated rings. The standard InChI is InChI=1S/C29H29FN2O3/c1-20-10-11-25(14-21(20)2)31-29(33)28-13-12-27(35-28)19-32(17-22-6-4-8-24(30)15-22)18-23-7-5-9-26(16-23)34-3/h4-16H,17-19H2,1-3H3,(H,31,33). The molecule has 1 heterocycles. The Bertz CT molecular complexity index is 1310. The van der Waals surface area contributed by atoms with Gasteiger partial charge in [-0.25, -0.2) is 4.39 Å². The summed E-state index contributed by atoms with van der Waals surface area (Å²) < 4.78 is 25.0. The molecule has 0 spiro atoms. The number of methoxy groups -OCH3 is 1. The summed E-state index contributed by atoms with van der Waals surface area (Å²) in [6.45, 7) is 5.59. The summed E-state index contributed by atoms with van der Waals surface area (Å²) in [4.78, 5) is 14.9. The Balaban J connectivity index is 1.49. The Morgan fingerprint density at radius 2 is 1.63 bits per heavy atom. The highest BCUT2D eigenvalue weighted by Crippen LogP contribution is 2.21. The minimum atomic E-state index is -0.302. The fourth-order valence-electron chi connectivity index (χ4n) is 3.91. The van der Waals surface area contributed by atoms with Crippen LogP contribution in [0.15, 0.2) is 83.3 Å². The van der Waals surface area contributed by atoms with Gasteiger partial charge in [-0.1, -0.05) is 30.3 Å². The number of rotatable bonds is 9. The molecule has 4 aromatic rings. The summed E-state index contributed by atoms with van der Waals surface area (Å²) in [6.07, 6.45) is 0. The van der Waals surface area contributed by atoms with Crippen LogP contribution < -0.4 is 10.1 Å². The smallest absolute Gasteiger partial charge is 0.291 e. The van der Waals surface area contributed by atoms with Gasteiger partial charge < -0.3 is 14.5 Å². The van der Waals surface area contributed by atoms with E-state index in [1.54, 1.807) is 25.3 Å². The molecule has 1 aromatic heterocycles. The molecule has 0 radical (unpaired) electrons. The van der Waals surface area contributed by atoms with Crippen LogP contribution in [0.3, 0.4) is 0 Å². The number of benzene rings is 3. The van der Waals surface area contributed by atoms with Gasteiger partial charge in [-0.3, -0.25) is 9.69 Å². The highest BCUT2D eigenvalue weighted by atomic mass is 19.1. The van der Waals surface area contributed by atoms with Crippen LogP contribution >= 0.6 is 0 Å². The van der Waals surface area contributed by atoms with Crippen molar-refractivity contribution in [1.29, 1.82) is 0 Å². The van der Waals surface area contributed by atoms with E-state index in [0.29, 0.717) is 25.4 Å². The fraction of sp³-hybridized carbons (Fsp3) is 0.207. The number of nitrogens with zero attached hydrogens (tertiary/aromatic N) is 1. The highest BCUT2D eigenvalue weighted by Gasteiger charge is 2.16. The molecule has 0 unspecified atom stereocenters. The number of furan rings is 1. The summed E-state index contributed by atoms with van der Waals surface area (Å²) in [5.74, 6) is 1.09. The van der Waals surface area contributed by atoms with Gasteiger partial charge in [0, 0.05) is 18.8 Å². The normalized spacial score (nSPS) is 11.0. The van der Waals surface area contributed by atoms with E-state index in [4.69, 9.17) is 9.15 Å². The largest absolute Gasteiger partial charge is 0.497 e. The van der Waals surface area contributed by atoms with E-state index in [9.17, 15) is 9.18 Å². The monoisotopic (exact) mass is 472 g/mol. The van der Waals surface area contributed by atoms with Crippen LogP contribution in [0.5, 0.6) is 5.75 Å². The molecule has 1 amide bonds. The van der Waals surface area contributed by atoms with E-state index in [0.717, 1.165) is 33.7 Å². The zero-order valence-corrected chi connectivity index (χ0v) is 20.2. The minimum absolute atomic E-state index is 0.241. The first-order valence-electron chi connectivity index (χ1n) is 11.5. The number of halogens is 1. The summed E-state index contributed by atoms with van der Waals surface area (Å²) in [7, 11) is 1.64. The first kappa shape index (κ1) is 24.2. The van der Waals surface area contributed by atoms with Crippen LogP contribution in [0.1, 0.15) is 38.6 Å². The topological polar surface area (TPSA) is 54.7 Å². The maximum absolute atomic E-state index is 13.8. The van der Waals surface area contributed by atoms with Crippen molar-refractivity contribution in [2.24, 2.45) is 0 Å². The van der Waals surface area contributed by atoms with E-state index in [1.807, 2.05) is 62.4 Å². The second-order valence-electron chi connectivity index (χ2n) is 8.65. The third-order valence-electron chi connectivity index (χ3n) is 5.87. The molecule has 35 heavy (non-hydrogen) atoms. The third-order valence-corrected chi connectivity index (χ3v) is 5.87. The number of amides is 1. The van der Waals surface area contributed by atoms with Crippen LogP contribution in [0.4, 0.5) is 10.1 Å². The number of anilines is 1. The first-order chi connectivity index (χ1) is 16.9. The average molecular weight is 473 g/mol. The lowest BCUT2D eigenvalue weighted by molar-refractivity contribution is 0.0992. The maximum atomic E-state index is 13.8. The van der Waals surface area contributed by atoms with Crippen LogP contribution in [0.2, 0.25) is 0 Å². The van der Waals surface area contributed by atoms with Gasteiger partial charge in [0.2, 0.25) is 0 Å². The summed E-state index contributed by atoms with van der Waals surface area (Å²) in [5, 5.41) is 2.89. The van der Waals surface area contributed by atoms with E-state index in [1.165, 1.54) is 12.1 Å². The number of aryl methyl sites for hydroxylation is 2. The number of hydrogen-bond acceptors (Lipinski definition) is 4. The highest BCUT2D eigenvalue weighted by molar-refractivity contribution is 6.02. The zero-order valence-electron chi connectivity index (χ0n) is 20.2. The number of carbonyl (C=O) groups excluding carboxylic acids is 1. The molecular formula is C29H29FN2O3. The Hall–Kier alpha value is -3.90. The Morgan fingerprint density at radius 1 is 0.886 bits per heavy atom. The summed E-state index contributed by atoms with van der Waals surface area (Å²) in [6, 6.07) is 23.7. The number of carbonyl (C=O) groups is 1. The maximum Gasteiger partial charge on any atom is 0.291 e. The van der Waals surface area contributed by atoms with Crippen molar-refractivity contribution in [1.82, 2.24) is 4.90 Å². The van der Waals surface area contributed by atoms with Crippen LogP contribution in [-0.2, 0) is 19.6 Å². The molecule has 0 aliphatic heterocycles. The zero-order chi connectivity index (χ0) is 24.8. The van der Waals surface area contributed by atoms with Gasteiger partial charge in [0.25, 0.3) is 5.91 Å². The van der Waals surface area contributed by atoms with E-state index in [-0.39, 0.29) is 17.5 Å². The molecule has 4 rings (SSSR count). The van der Waals surface area contributed by atoms with Crippen LogP contribution in [0.25, 0.3) is 0 Å². The quantitative estimate of drug-likeness (QED) is 0.302. The molecule has 0 atom stereocenters. The van der Waals surface area contributed by atoms with Gasteiger partial charge in [0.05, 0.1) is 13.7 Å². The molecule has 0 aliphatic rings. The predicted molar refractivity (Wildman–Crippen MR) is 135 cm³/mol. The lowest BCUT2D eigenvalue weighted by atomic mass is 10.1. The summed E-state index contributed by atoms with van der Waals surface area (Å²) >= 11 is 0. The molecule has 0 saturated carbocycles. The molecule has 1 N–H and O–H groups in total. The average Bonchev–Trinajstić information content (AvgIpc) is 3.30. The third kappa shape index (κ3) is 6.58. The van der Waals surface area contributed by atoms with Crippen molar-refractivity contribution in [3.05, 3.63) is 118 Å². The van der Waals surface area contributed by atoms with Crippen molar-refractivity contribution in [2.45, 2.75) is 33.5 Å². The molecule has 0 bridgehead atoms. The van der Waals surface area contributed by atoms with Gasteiger partial charge in [0.15, 0.2) is 5.76 Å².